The predicted molar refractivity (Wildman–Crippen MR) is 114 cm³/mol. The van der Waals surface area contributed by atoms with Crippen molar-refractivity contribution in [3.63, 3.8) is 0 Å². The molecule has 1 heterocycles. The van der Waals surface area contributed by atoms with Crippen molar-refractivity contribution in [1.82, 2.24) is 25.3 Å². The first kappa shape index (κ1) is 22.2. The molecule has 1 aliphatic rings. The zero-order valence-electron chi connectivity index (χ0n) is 18.3. The summed E-state index contributed by atoms with van der Waals surface area (Å²) >= 11 is 0. The number of amides is 1. The first-order chi connectivity index (χ1) is 13.4. The Labute approximate surface area is 170 Å². The summed E-state index contributed by atoms with van der Waals surface area (Å²) in [5, 5.41) is 11.1. The van der Waals surface area contributed by atoms with Crippen molar-refractivity contribution in [2.24, 2.45) is 12.0 Å². The maximum Gasteiger partial charge on any atom is 0.222 e. The van der Waals surface area contributed by atoms with E-state index in [2.05, 4.69) is 52.6 Å². The van der Waals surface area contributed by atoms with Crippen LogP contribution in [0, 0.1) is 0 Å². The third kappa shape index (κ3) is 6.84. The van der Waals surface area contributed by atoms with Crippen LogP contribution in [0.4, 0.5) is 0 Å². The van der Waals surface area contributed by atoms with Crippen molar-refractivity contribution in [2.75, 3.05) is 20.1 Å². The highest BCUT2D eigenvalue weighted by atomic mass is 16.1. The number of hydrogen-bond acceptors (Lipinski definition) is 3. The van der Waals surface area contributed by atoms with Crippen LogP contribution in [0.25, 0.3) is 0 Å². The molecule has 28 heavy (non-hydrogen) atoms. The van der Waals surface area contributed by atoms with E-state index in [9.17, 15) is 4.79 Å². The van der Waals surface area contributed by atoms with Gasteiger partial charge in [-0.3, -0.25) is 14.5 Å². The lowest BCUT2D eigenvalue weighted by Gasteiger charge is -2.23. The molecule has 1 fully saturated rings. The lowest BCUT2D eigenvalue weighted by atomic mass is 9.95. The summed E-state index contributed by atoms with van der Waals surface area (Å²) in [6.45, 7) is 8.41. The highest BCUT2D eigenvalue weighted by molar-refractivity contribution is 5.80. The van der Waals surface area contributed by atoms with Gasteiger partial charge in [0.05, 0.1) is 12.2 Å². The molecule has 1 amide bonds. The van der Waals surface area contributed by atoms with E-state index in [-0.39, 0.29) is 5.91 Å². The van der Waals surface area contributed by atoms with Crippen LogP contribution in [0.2, 0.25) is 0 Å². The number of rotatable bonds is 8. The number of aliphatic imine (C=N–C) groups is 1. The molecule has 0 saturated heterocycles. The van der Waals surface area contributed by atoms with Crippen LogP contribution in [0.1, 0.15) is 76.5 Å². The zero-order valence-corrected chi connectivity index (χ0v) is 18.3. The lowest BCUT2D eigenvalue weighted by Crippen LogP contribution is -2.39. The van der Waals surface area contributed by atoms with Gasteiger partial charge in [-0.05, 0) is 25.7 Å². The molecule has 1 saturated carbocycles. The Morgan fingerprint density at radius 1 is 1.36 bits per heavy atom. The Morgan fingerprint density at radius 3 is 2.71 bits per heavy atom. The Bertz CT molecular complexity index is 645. The molecule has 2 rings (SSSR count). The monoisotopic (exact) mass is 390 g/mol. The quantitative estimate of drug-likeness (QED) is 0.529. The molecular weight excluding hydrogens is 352 g/mol. The molecule has 7 heteroatoms. The summed E-state index contributed by atoms with van der Waals surface area (Å²) in [6.07, 6.45) is 8.49. The van der Waals surface area contributed by atoms with Gasteiger partial charge < -0.3 is 15.5 Å². The minimum absolute atomic E-state index is 0.114. The van der Waals surface area contributed by atoms with Crippen molar-refractivity contribution in [3.05, 3.63) is 17.5 Å². The first-order valence-electron chi connectivity index (χ1n) is 10.7. The molecule has 2 N–H and O–H groups in total. The first-order valence-corrected chi connectivity index (χ1v) is 10.7. The van der Waals surface area contributed by atoms with E-state index in [1.165, 1.54) is 24.8 Å². The Kier molecular flexibility index (Phi) is 8.80. The smallest absolute Gasteiger partial charge is 0.222 e. The van der Waals surface area contributed by atoms with Gasteiger partial charge in [-0.25, -0.2) is 0 Å². The van der Waals surface area contributed by atoms with E-state index >= 15 is 0 Å². The minimum Gasteiger partial charge on any atom is -0.357 e. The molecular formula is C21H38N6O. The minimum atomic E-state index is 0.114. The molecule has 0 aliphatic heterocycles. The lowest BCUT2D eigenvalue weighted by molar-refractivity contribution is -0.121. The summed E-state index contributed by atoms with van der Waals surface area (Å²) < 4.78 is 1.87. The average molecular weight is 391 g/mol. The van der Waals surface area contributed by atoms with E-state index in [0.29, 0.717) is 24.9 Å². The Balaban J connectivity index is 1.90. The molecule has 0 aromatic carbocycles. The highest BCUT2D eigenvalue weighted by Gasteiger charge is 2.17. The van der Waals surface area contributed by atoms with Crippen molar-refractivity contribution in [2.45, 2.75) is 77.8 Å². The second kappa shape index (κ2) is 11.1. The van der Waals surface area contributed by atoms with Gasteiger partial charge in [0.1, 0.15) is 0 Å². The number of hydrogen-bond donors (Lipinski definition) is 2. The van der Waals surface area contributed by atoms with Crippen LogP contribution < -0.4 is 10.6 Å². The van der Waals surface area contributed by atoms with Gasteiger partial charge in [0.2, 0.25) is 5.91 Å². The summed E-state index contributed by atoms with van der Waals surface area (Å²) in [5.41, 5.74) is 2.33. The second-order valence-corrected chi connectivity index (χ2v) is 8.11. The largest absolute Gasteiger partial charge is 0.357 e. The average Bonchev–Trinajstić information content (AvgIpc) is 3.02. The highest BCUT2D eigenvalue weighted by Crippen LogP contribution is 2.19. The van der Waals surface area contributed by atoms with E-state index in [1.807, 2.05) is 18.8 Å². The maximum atomic E-state index is 12.2. The number of guanidine groups is 1. The fourth-order valence-electron chi connectivity index (χ4n) is 3.77. The molecule has 0 atom stereocenters. The fourth-order valence-corrected chi connectivity index (χ4v) is 3.77. The molecule has 7 nitrogen and oxygen atoms in total. The SMILES string of the molecule is CCNC(=NCCC(=O)NC1CCCCC1)N(C)Cc1cn(C)nc1C(C)C. The number of carbonyl (C=O) groups is 1. The van der Waals surface area contributed by atoms with Gasteiger partial charge in [-0.1, -0.05) is 33.1 Å². The van der Waals surface area contributed by atoms with E-state index in [0.717, 1.165) is 37.6 Å². The topological polar surface area (TPSA) is 74.6 Å². The Hall–Kier alpha value is -2.05. The van der Waals surface area contributed by atoms with Crippen LogP contribution in [-0.2, 0) is 18.4 Å². The summed E-state index contributed by atoms with van der Waals surface area (Å²) in [5.74, 6) is 1.32. The van der Waals surface area contributed by atoms with Gasteiger partial charge >= 0.3 is 0 Å². The summed E-state index contributed by atoms with van der Waals surface area (Å²) in [7, 11) is 3.99. The second-order valence-electron chi connectivity index (χ2n) is 8.11. The van der Waals surface area contributed by atoms with Crippen molar-refractivity contribution >= 4 is 11.9 Å². The Morgan fingerprint density at radius 2 is 2.07 bits per heavy atom. The van der Waals surface area contributed by atoms with E-state index < -0.39 is 0 Å². The van der Waals surface area contributed by atoms with Crippen molar-refractivity contribution < 1.29 is 4.79 Å². The zero-order chi connectivity index (χ0) is 20.5. The summed E-state index contributed by atoms with van der Waals surface area (Å²) in [6, 6.07) is 0.362. The van der Waals surface area contributed by atoms with Crippen LogP contribution in [0.3, 0.4) is 0 Å². The number of nitrogens with zero attached hydrogens (tertiary/aromatic N) is 4. The molecule has 0 unspecified atom stereocenters. The number of aromatic nitrogens is 2. The van der Waals surface area contributed by atoms with E-state index in [1.54, 1.807) is 0 Å². The summed E-state index contributed by atoms with van der Waals surface area (Å²) in [4.78, 5) is 19.0. The standard InChI is InChI=1S/C21H38N6O/c1-6-22-21(23-13-12-19(28)24-18-10-8-7-9-11-18)26(4)14-17-15-27(5)25-20(17)16(2)3/h15-16,18H,6-14H2,1-5H3,(H,22,23)(H,24,28). The van der Waals surface area contributed by atoms with Crippen LogP contribution >= 0.6 is 0 Å². The van der Waals surface area contributed by atoms with Gasteiger partial charge in [0, 0.05) is 51.4 Å². The molecule has 0 spiro atoms. The van der Waals surface area contributed by atoms with Gasteiger partial charge in [0.15, 0.2) is 5.96 Å². The fraction of sp³-hybridized carbons (Fsp3) is 0.762. The van der Waals surface area contributed by atoms with Crippen molar-refractivity contribution in [1.29, 1.82) is 0 Å². The molecule has 1 aromatic rings. The van der Waals surface area contributed by atoms with Crippen LogP contribution in [0.15, 0.2) is 11.2 Å². The molecule has 0 radical (unpaired) electrons. The molecule has 0 bridgehead atoms. The van der Waals surface area contributed by atoms with Crippen LogP contribution in [0.5, 0.6) is 0 Å². The van der Waals surface area contributed by atoms with Gasteiger partial charge in [-0.2, -0.15) is 5.10 Å². The third-order valence-corrected chi connectivity index (χ3v) is 5.16. The van der Waals surface area contributed by atoms with Crippen LogP contribution in [-0.4, -0.2) is 52.7 Å². The molecule has 158 valence electrons. The number of carbonyl (C=O) groups excluding carboxylic acids is 1. The normalized spacial score (nSPS) is 15.7. The third-order valence-electron chi connectivity index (χ3n) is 5.16. The van der Waals surface area contributed by atoms with Crippen molar-refractivity contribution in [3.8, 4) is 0 Å². The predicted octanol–water partition coefficient (Wildman–Crippen LogP) is 2.78. The molecule has 1 aromatic heterocycles. The number of aryl methyl sites for hydroxylation is 1. The number of nitrogens with one attached hydrogen (secondary N) is 2. The van der Waals surface area contributed by atoms with Gasteiger partial charge in [0.25, 0.3) is 0 Å². The van der Waals surface area contributed by atoms with E-state index in [4.69, 9.17) is 0 Å². The molecule has 1 aliphatic carbocycles. The van der Waals surface area contributed by atoms with Gasteiger partial charge in [-0.15, -0.1) is 0 Å². The maximum absolute atomic E-state index is 12.2.